The van der Waals surface area contributed by atoms with Gasteiger partial charge in [0.2, 0.25) is 0 Å². The average Bonchev–Trinajstić information content (AvgIpc) is 3.21. The summed E-state index contributed by atoms with van der Waals surface area (Å²) < 4.78 is 5.82. The molecule has 0 radical (unpaired) electrons. The van der Waals surface area contributed by atoms with Crippen LogP contribution in [0, 0.1) is 5.92 Å². The van der Waals surface area contributed by atoms with E-state index in [9.17, 15) is 5.11 Å². The van der Waals surface area contributed by atoms with E-state index in [1.807, 2.05) is 18.3 Å². The fraction of sp³-hybridized carbons (Fsp3) is 0.435. The Bertz CT molecular complexity index is 1000. The molecule has 7 nitrogen and oxygen atoms in total. The number of hydrogen-bond donors (Lipinski definition) is 2. The van der Waals surface area contributed by atoms with Gasteiger partial charge in [0.05, 0.1) is 30.9 Å². The Hall–Kier alpha value is -2.77. The summed E-state index contributed by atoms with van der Waals surface area (Å²) in [5.74, 6) is 2.10. The second-order valence-electron chi connectivity index (χ2n) is 8.22. The molecule has 0 aliphatic carbocycles. The molecule has 2 N–H and O–H groups in total. The van der Waals surface area contributed by atoms with Crippen molar-refractivity contribution in [2.45, 2.75) is 31.4 Å². The molecule has 4 heterocycles. The fourth-order valence-electron chi connectivity index (χ4n) is 4.46. The quantitative estimate of drug-likeness (QED) is 0.675. The Morgan fingerprint density at radius 3 is 2.83 bits per heavy atom. The van der Waals surface area contributed by atoms with Gasteiger partial charge in [-0.3, -0.25) is 4.98 Å². The third-order valence-electron chi connectivity index (χ3n) is 6.19. The van der Waals surface area contributed by atoms with Crippen molar-refractivity contribution in [2.24, 2.45) is 5.92 Å². The summed E-state index contributed by atoms with van der Waals surface area (Å²) in [4.78, 5) is 15.6. The van der Waals surface area contributed by atoms with Gasteiger partial charge in [0.25, 0.3) is 0 Å². The predicted molar refractivity (Wildman–Crippen MR) is 117 cm³/mol. The SMILES string of the molecule is OC1CCN(c2cc(N[C@H]3COC[C@H]3Cc3ccnc4ccccc34)ncn2)CC1. The highest BCUT2D eigenvalue weighted by Gasteiger charge is 2.29. The highest BCUT2D eigenvalue weighted by molar-refractivity contribution is 5.81. The number of anilines is 2. The summed E-state index contributed by atoms with van der Waals surface area (Å²) in [7, 11) is 0. The van der Waals surface area contributed by atoms with Crippen LogP contribution in [0.25, 0.3) is 10.9 Å². The highest BCUT2D eigenvalue weighted by atomic mass is 16.5. The van der Waals surface area contributed by atoms with Gasteiger partial charge in [-0.15, -0.1) is 0 Å². The summed E-state index contributed by atoms with van der Waals surface area (Å²) in [5.41, 5.74) is 2.34. The molecule has 2 atom stereocenters. The van der Waals surface area contributed by atoms with Crippen molar-refractivity contribution >= 4 is 22.5 Å². The first-order chi connectivity index (χ1) is 14.8. The number of nitrogens with one attached hydrogen (secondary N) is 1. The van der Waals surface area contributed by atoms with Crippen molar-refractivity contribution in [3.63, 3.8) is 0 Å². The molecule has 2 aromatic heterocycles. The topological polar surface area (TPSA) is 83.4 Å². The van der Waals surface area contributed by atoms with Crippen LogP contribution in [0.3, 0.4) is 0 Å². The average molecular weight is 406 g/mol. The zero-order valence-corrected chi connectivity index (χ0v) is 16.9. The van der Waals surface area contributed by atoms with E-state index in [2.05, 4.69) is 49.4 Å². The molecule has 2 aliphatic heterocycles. The van der Waals surface area contributed by atoms with Crippen molar-refractivity contribution in [3.8, 4) is 0 Å². The number of aromatic nitrogens is 3. The second-order valence-corrected chi connectivity index (χ2v) is 8.22. The first-order valence-corrected chi connectivity index (χ1v) is 10.7. The minimum atomic E-state index is -0.193. The first kappa shape index (κ1) is 19.2. The van der Waals surface area contributed by atoms with Crippen LogP contribution in [0.5, 0.6) is 0 Å². The number of fused-ring (bicyclic) bond motifs is 1. The van der Waals surface area contributed by atoms with E-state index in [1.165, 1.54) is 10.9 Å². The monoisotopic (exact) mass is 405 g/mol. The van der Waals surface area contributed by atoms with Gasteiger partial charge in [0, 0.05) is 36.7 Å². The normalized spacial score (nSPS) is 22.5. The number of hydrogen-bond acceptors (Lipinski definition) is 7. The summed E-state index contributed by atoms with van der Waals surface area (Å²) in [6.07, 6.45) is 5.81. The van der Waals surface area contributed by atoms with E-state index in [4.69, 9.17) is 4.74 Å². The number of pyridine rings is 1. The van der Waals surface area contributed by atoms with Crippen LogP contribution in [-0.4, -0.2) is 58.5 Å². The van der Waals surface area contributed by atoms with E-state index in [1.54, 1.807) is 6.33 Å². The van der Waals surface area contributed by atoms with E-state index < -0.39 is 0 Å². The summed E-state index contributed by atoms with van der Waals surface area (Å²) >= 11 is 0. The van der Waals surface area contributed by atoms with Gasteiger partial charge >= 0.3 is 0 Å². The number of rotatable bonds is 5. The van der Waals surface area contributed by atoms with Crippen LogP contribution in [0.1, 0.15) is 18.4 Å². The van der Waals surface area contributed by atoms with Gasteiger partial charge < -0.3 is 20.1 Å². The number of benzene rings is 1. The summed E-state index contributed by atoms with van der Waals surface area (Å²) in [6, 6.07) is 12.6. The third kappa shape index (κ3) is 4.08. The van der Waals surface area contributed by atoms with Crippen LogP contribution in [0.2, 0.25) is 0 Å². The lowest BCUT2D eigenvalue weighted by Gasteiger charge is -2.30. The Morgan fingerprint density at radius 2 is 1.93 bits per heavy atom. The van der Waals surface area contributed by atoms with Crippen molar-refractivity contribution < 1.29 is 9.84 Å². The van der Waals surface area contributed by atoms with Crippen LogP contribution in [0.4, 0.5) is 11.6 Å². The Kier molecular flexibility index (Phi) is 5.46. The van der Waals surface area contributed by atoms with Gasteiger partial charge in [-0.25, -0.2) is 9.97 Å². The standard InChI is InChI=1S/C23H27N5O2/c29-18-6-9-28(10-7-18)23-12-22(25-15-26-23)27-21-14-30-13-17(21)11-16-5-8-24-20-4-2-1-3-19(16)20/h1-5,8,12,15,17-18,21,29H,6-7,9-11,13-14H2,(H,25,26,27)/t17-,21+/m1/s1. The number of piperidine rings is 1. The summed E-state index contributed by atoms with van der Waals surface area (Å²) in [5, 5.41) is 14.5. The van der Waals surface area contributed by atoms with Gasteiger partial charge in [-0.1, -0.05) is 18.2 Å². The Labute approximate surface area is 176 Å². The molecular weight excluding hydrogens is 378 g/mol. The zero-order chi connectivity index (χ0) is 20.3. The maximum absolute atomic E-state index is 9.74. The lowest BCUT2D eigenvalue weighted by atomic mass is 9.93. The largest absolute Gasteiger partial charge is 0.393 e. The van der Waals surface area contributed by atoms with Crippen LogP contribution >= 0.6 is 0 Å². The first-order valence-electron chi connectivity index (χ1n) is 10.7. The van der Waals surface area contributed by atoms with Crippen LogP contribution in [-0.2, 0) is 11.2 Å². The maximum atomic E-state index is 9.74. The van der Waals surface area contributed by atoms with Crippen LogP contribution < -0.4 is 10.2 Å². The molecule has 2 aliphatic rings. The third-order valence-corrected chi connectivity index (χ3v) is 6.19. The minimum absolute atomic E-state index is 0.193. The van der Waals surface area contributed by atoms with E-state index in [0.717, 1.165) is 56.1 Å². The van der Waals surface area contributed by atoms with Gasteiger partial charge in [-0.05, 0) is 37.0 Å². The number of para-hydroxylation sites is 1. The maximum Gasteiger partial charge on any atom is 0.134 e. The molecule has 2 saturated heterocycles. The molecule has 7 heteroatoms. The molecular formula is C23H27N5O2. The molecule has 2 fully saturated rings. The molecule has 156 valence electrons. The number of aliphatic hydroxyl groups is 1. The molecule has 0 spiro atoms. The predicted octanol–water partition coefficient (Wildman–Crippen LogP) is 2.66. The molecule has 0 saturated carbocycles. The molecule has 3 aromatic rings. The number of aliphatic hydroxyl groups excluding tert-OH is 1. The minimum Gasteiger partial charge on any atom is -0.393 e. The van der Waals surface area contributed by atoms with Crippen molar-refractivity contribution in [3.05, 3.63) is 54.5 Å². The second kappa shape index (κ2) is 8.53. The van der Waals surface area contributed by atoms with Crippen LogP contribution in [0.15, 0.2) is 48.9 Å². The lowest BCUT2D eigenvalue weighted by molar-refractivity contribution is 0.145. The van der Waals surface area contributed by atoms with Gasteiger partial charge in [0.15, 0.2) is 0 Å². The smallest absolute Gasteiger partial charge is 0.134 e. The van der Waals surface area contributed by atoms with Crippen molar-refractivity contribution in [1.29, 1.82) is 0 Å². The molecule has 0 bridgehead atoms. The Morgan fingerprint density at radius 1 is 1.07 bits per heavy atom. The van der Waals surface area contributed by atoms with E-state index >= 15 is 0 Å². The van der Waals surface area contributed by atoms with Crippen molar-refractivity contribution in [1.82, 2.24) is 15.0 Å². The molecule has 0 amide bonds. The van der Waals surface area contributed by atoms with Crippen molar-refractivity contribution in [2.75, 3.05) is 36.5 Å². The van der Waals surface area contributed by atoms with Gasteiger partial charge in [0.1, 0.15) is 18.0 Å². The highest BCUT2D eigenvalue weighted by Crippen LogP contribution is 2.27. The number of ether oxygens (including phenoxy) is 1. The zero-order valence-electron chi connectivity index (χ0n) is 16.9. The van der Waals surface area contributed by atoms with E-state index in [0.29, 0.717) is 12.5 Å². The van der Waals surface area contributed by atoms with E-state index in [-0.39, 0.29) is 12.1 Å². The number of nitrogens with zero attached hydrogens (tertiary/aromatic N) is 4. The molecule has 0 unspecified atom stereocenters. The fourth-order valence-corrected chi connectivity index (χ4v) is 4.46. The summed E-state index contributed by atoms with van der Waals surface area (Å²) in [6.45, 7) is 3.04. The molecule has 30 heavy (non-hydrogen) atoms. The van der Waals surface area contributed by atoms with Gasteiger partial charge in [-0.2, -0.15) is 0 Å². The lowest BCUT2D eigenvalue weighted by Crippen LogP contribution is -2.36. The Balaban J connectivity index is 1.29. The molecule has 1 aromatic carbocycles. The molecule has 5 rings (SSSR count).